The second kappa shape index (κ2) is 9.11. The predicted molar refractivity (Wildman–Crippen MR) is 126 cm³/mol. The van der Waals surface area contributed by atoms with Crippen molar-refractivity contribution in [3.63, 3.8) is 0 Å². The zero-order valence-electron chi connectivity index (χ0n) is 20.9. The van der Waals surface area contributed by atoms with Crippen LogP contribution in [0, 0.1) is 16.7 Å². The van der Waals surface area contributed by atoms with E-state index < -0.39 is 40.6 Å². The third-order valence-corrected chi connectivity index (χ3v) is 9.15. The van der Waals surface area contributed by atoms with Gasteiger partial charge in [0.2, 0.25) is 0 Å². The number of ether oxygens (including phenoxy) is 5. The van der Waals surface area contributed by atoms with Crippen molar-refractivity contribution in [2.45, 2.75) is 76.5 Å². The molecule has 196 valence electrons. The average molecular weight is 503 g/mol. The van der Waals surface area contributed by atoms with Gasteiger partial charge in [-0.1, -0.05) is 37.6 Å². The van der Waals surface area contributed by atoms with Gasteiger partial charge in [0, 0.05) is 30.6 Å². The summed E-state index contributed by atoms with van der Waals surface area (Å²) in [5.74, 6) is -1.94. The molecule has 4 fully saturated rings. The number of rotatable bonds is 7. The van der Waals surface area contributed by atoms with Crippen LogP contribution in [0.3, 0.4) is 0 Å². The van der Waals surface area contributed by atoms with Crippen molar-refractivity contribution in [1.29, 1.82) is 0 Å². The van der Waals surface area contributed by atoms with Gasteiger partial charge in [-0.2, -0.15) is 0 Å². The van der Waals surface area contributed by atoms with E-state index in [0.29, 0.717) is 26.1 Å². The number of esters is 2. The number of carboxylic acid groups (broad SMARTS) is 1. The Labute approximate surface area is 210 Å². The van der Waals surface area contributed by atoms with Crippen molar-refractivity contribution in [2.75, 3.05) is 19.8 Å². The highest BCUT2D eigenvalue weighted by molar-refractivity contribution is 5.84. The van der Waals surface area contributed by atoms with Gasteiger partial charge >= 0.3 is 17.9 Å². The van der Waals surface area contributed by atoms with E-state index in [4.69, 9.17) is 28.8 Å². The lowest BCUT2D eigenvalue weighted by Gasteiger charge is -2.58. The van der Waals surface area contributed by atoms with E-state index >= 15 is 0 Å². The summed E-state index contributed by atoms with van der Waals surface area (Å²) in [6.45, 7) is 7.30. The lowest BCUT2D eigenvalue weighted by molar-refractivity contribution is -0.234. The highest BCUT2D eigenvalue weighted by Crippen LogP contribution is 2.72. The zero-order chi connectivity index (χ0) is 25.7. The van der Waals surface area contributed by atoms with E-state index in [2.05, 4.69) is 19.9 Å². The highest BCUT2D eigenvalue weighted by atomic mass is 16.6. The van der Waals surface area contributed by atoms with Gasteiger partial charge in [-0.3, -0.25) is 0 Å². The number of allylic oxidation sites excluding steroid dienone is 3. The Bertz CT molecular complexity index is 1020. The maximum absolute atomic E-state index is 13.0. The quantitative estimate of drug-likeness (QED) is 0.184. The van der Waals surface area contributed by atoms with Crippen LogP contribution in [0.4, 0.5) is 0 Å². The normalized spacial score (nSPS) is 43.0. The molecule has 0 aromatic carbocycles. The molecule has 9 heteroatoms. The summed E-state index contributed by atoms with van der Waals surface area (Å²) in [5, 5.41) is 8.73. The minimum absolute atomic E-state index is 0.0992. The number of hydrogen-bond donors (Lipinski definition) is 1. The first-order valence-electron chi connectivity index (χ1n) is 12.7. The molecule has 2 aliphatic carbocycles. The maximum atomic E-state index is 13.0. The summed E-state index contributed by atoms with van der Waals surface area (Å²) in [7, 11) is 0. The van der Waals surface area contributed by atoms with Crippen LogP contribution < -0.4 is 0 Å². The molecule has 0 amide bonds. The first kappa shape index (κ1) is 25.2. The summed E-state index contributed by atoms with van der Waals surface area (Å²) in [6, 6.07) is 0. The number of aliphatic carboxylic acids is 1. The SMILES string of the molecule is CC1=CC2OC3CC(OC(=O)/C=C\C=C\C(=O)O)C(C)(C2(COC(=O)C2OCCC2C)CC1)C31CO1. The fourth-order valence-corrected chi connectivity index (χ4v) is 6.86. The number of carboxylic acids is 1. The molecule has 8 atom stereocenters. The molecule has 1 spiro atoms. The molecular formula is C27H34O9. The molecule has 1 saturated carbocycles. The van der Waals surface area contributed by atoms with Gasteiger partial charge in [0.15, 0.2) is 6.10 Å². The monoisotopic (exact) mass is 502 g/mol. The van der Waals surface area contributed by atoms with Crippen molar-refractivity contribution in [3.8, 4) is 0 Å². The third-order valence-electron chi connectivity index (χ3n) is 9.15. The molecule has 1 N–H and O–H groups in total. The molecule has 5 aliphatic rings. The lowest BCUT2D eigenvalue weighted by Crippen LogP contribution is -2.66. The molecule has 0 aromatic heterocycles. The van der Waals surface area contributed by atoms with Crippen LogP contribution in [0.15, 0.2) is 36.0 Å². The fourth-order valence-electron chi connectivity index (χ4n) is 6.86. The molecule has 9 nitrogen and oxygen atoms in total. The molecule has 8 unspecified atom stereocenters. The minimum atomic E-state index is -1.10. The summed E-state index contributed by atoms with van der Waals surface area (Å²) in [6.07, 6.45) is 8.04. The molecule has 2 bridgehead atoms. The summed E-state index contributed by atoms with van der Waals surface area (Å²) < 4.78 is 30.3. The Hall–Kier alpha value is -2.49. The number of hydrogen-bond acceptors (Lipinski definition) is 8. The molecule has 3 saturated heterocycles. The van der Waals surface area contributed by atoms with Gasteiger partial charge in [0.25, 0.3) is 0 Å². The van der Waals surface area contributed by atoms with Crippen molar-refractivity contribution < 1.29 is 43.2 Å². The van der Waals surface area contributed by atoms with Crippen molar-refractivity contribution >= 4 is 17.9 Å². The third kappa shape index (κ3) is 3.83. The molecule has 3 aliphatic heterocycles. The molecule has 3 heterocycles. The van der Waals surface area contributed by atoms with E-state index in [1.807, 2.05) is 6.92 Å². The standard InChI is InChI=1S/C27H34O9/c1-16-8-10-26(14-33-24(31)23-17(2)9-11-32-23)19(12-16)35-20-13-18(25(26,3)27(20)15-34-27)36-22(30)7-5-4-6-21(28)29/h4-7,12,17-20,23H,8-11,13-15H2,1-3H3,(H,28,29)/b6-4+,7-5-. The zero-order valence-corrected chi connectivity index (χ0v) is 20.9. The van der Waals surface area contributed by atoms with Gasteiger partial charge in [0.1, 0.15) is 18.3 Å². The Morgan fingerprint density at radius 1 is 1.25 bits per heavy atom. The van der Waals surface area contributed by atoms with Crippen molar-refractivity contribution in [3.05, 3.63) is 36.0 Å². The summed E-state index contributed by atoms with van der Waals surface area (Å²) in [4.78, 5) is 36.4. The van der Waals surface area contributed by atoms with E-state index in [0.717, 1.165) is 18.9 Å². The Kier molecular flexibility index (Phi) is 6.37. The topological polar surface area (TPSA) is 121 Å². The molecule has 5 rings (SSSR count). The predicted octanol–water partition coefficient (Wildman–Crippen LogP) is 2.74. The molecular weight excluding hydrogens is 468 g/mol. The average Bonchev–Trinajstić information content (AvgIpc) is 3.49. The lowest BCUT2D eigenvalue weighted by atomic mass is 9.51. The first-order valence-corrected chi connectivity index (χ1v) is 12.7. The maximum Gasteiger partial charge on any atom is 0.335 e. The minimum Gasteiger partial charge on any atom is -0.478 e. The number of carbonyl (C=O) groups excluding carboxylic acids is 2. The second-order valence-corrected chi connectivity index (χ2v) is 11.0. The number of epoxide rings is 1. The Morgan fingerprint density at radius 3 is 2.67 bits per heavy atom. The number of carbonyl (C=O) groups is 3. The smallest absolute Gasteiger partial charge is 0.335 e. The summed E-state index contributed by atoms with van der Waals surface area (Å²) >= 11 is 0. The number of fused-ring (bicyclic) bond motifs is 2. The molecule has 0 radical (unpaired) electrons. The van der Waals surface area contributed by atoms with E-state index in [-0.39, 0.29) is 30.7 Å². The van der Waals surface area contributed by atoms with Gasteiger partial charge < -0.3 is 28.8 Å². The van der Waals surface area contributed by atoms with Crippen LogP contribution >= 0.6 is 0 Å². The Balaban J connectivity index is 1.43. The van der Waals surface area contributed by atoms with Gasteiger partial charge in [-0.05, 0) is 32.1 Å². The van der Waals surface area contributed by atoms with Crippen LogP contribution in [0.1, 0.15) is 46.5 Å². The van der Waals surface area contributed by atoms with E-state index in [9.17, 15) is 14.4 Å². The van der Waals surface area contributed by atoms with Gasteiger partial charge in [-0.15, -0.1) is 0 Å². The van der Waals surface area contributed by atoms with Gasteiger partial charge in [0.05, 0.1) is 24.2 Å². The summed E-state index contributed by atoms with van der Waals surface area (Å²) in [5.41, 5.74) is -0.699. The largest absolute Gasteiger partial charge is 0.478 e. The van der Waals surface area contributed by atoms with Crippen LogP contribution in [-0.4, -0.2) is 72.9 Å². The van der Waals surface area contributed by atoms with Crippen molar-refractivity contribution in [2.24, 2.45) is 16.7 Å². The van der Waals surface area contributed by atoms with Crippen molar-refractivity contribution in [1.82, 2.24) is 0 Å². The first-order chi connectivity index (χ1) is 17.1. The fraction of sp³-hybridized carbons (Fsp3) is 0.667. The van der Waals surface area contributed by atoms with Crippen LogP contribution in [-0.2, 0) is 38.1 Å². The van der Waals surface area contributed by atoms with Crippen LogP contribution in [0.2, 0.25) is 0 Å². The molecule has 36 heavy (non-hydrogen) atoms. The second-order valence-electron chi connectivity index (χ2n) is 11.0. The van der Waals surface area contributed by atoms with Crippen LogP contribution in [0.5, 0.6) is 0 Å². The van der Waals surface area contributed by atoms with E-state index in [1.165, 1.54) is 23.8 Å². The van der Waals surface area contributed by atoms with Crippen LogP contribution in [0.25, 0.3) is 0 Å². The Morgan fingerprint density at radius 2 is 2.00 bits per heavy atom. The van der Waals surface area contributed by atoms with Gasteiger partial charge in [-0.25, -0.2) is 14.4 Å². The molecule has 0 aromatic rings. The highest BCUT2D eigenvalue weighted by Gasteiger charge is 2.83. The van der Waals surface area contributed by atoms with E-state index in [1.54, 1.807) is 0 Å².